The lowest BCUT2D eigenvalue weighted by Crippen LogP contribution is -2.05. The van der Waals surface area contributed by atoms with Crippen molar-refractivity contribution in [2.75, 3.05) is 6.61 Å². The van der Waals surface area contributed by atoms with Gasteiger partial charge in [-0.1, -0.05) is 23.7 Å². The van der Waals surface area contributed by atoms with Gasteiger partial charge < -0.3 is 4.74 Å². The number of nitrogens with zero attached hydrogens (tertiary/aromatic N) is 1. The molecule has 0 aliphatic carbocycles. The van der Waals surface area contributed by atoms with Crippen molar-refractivity contribution in [1.82, 2.24) is 4.98 Å². The maximum Gasteiger partial charge on any atom is 0.357 e. The average Bonchev–Trinajstić information content (AvgIpc) is 2.84. The molecule has 2 rings (SSSR count). The minimum Gasteiger partial charge on any atom is -0.461 e. The second kappa shape index (κ2) is 6.12. The molecule has 0 aliphatic rings. The van der Waals surface area contributed by atoms with Crippen LogP contribution in [0.3, 0.4) is 0 Å². The molecule has 0 N–H and O–H groups in total. The zero-order valence-corrected chi connectivity index (χ0v) is 11.7. The number of aromatic nitrogens is 1. The summed E-state index contributed by atoms with van der Waals surface area (Å²) in [6.07, 6.45) is 0.302. The highest BCUT2D eigenvalue weighted by molar-refractivity contribution is 7.09. The number of carbonyl (C=O) groups is 1. The van der Waals surface area contributed by atoms with E-state index in [4.69, 9.17) is 16.3 Å². The van der Waals surface area contributed by atoms with Crippen molar-refractivity contribution in [1.29, 1.82) is 0 Å². The number of ether oxygens (including phenoxy) is 1. The number of esters is 1. The number of halogens is 2. The van der Waals surface area contributed by atoms with Crippen LogP contribution in [0.5, 0.6) is 0 Å². The summed E-state index contributed by atoms with van der Waals surface area (Å²) in [6, 6.07) is 4.82. The van der Waals surface area contributed by atoms with Crippen LogP contribution >= 0.6 is 22.9 Å². The van der Waals surface area contributed by atoms with Gasteiger partial charge in [0, 0.05) is 11.8 Å². The Balaban J connectivity index is 2.16. The lowest BCUT2D eigenvalue weighted by atomic mass is 10.1. The molecule has 0 aliphatic heterocycles. The number of hydrogen-bond donors (Lipinski definition) is 0. The fraction of sp³-hybridized carbons (Fsp3) is 0.231. The molecule has 2 aromatic rings. The Kier molecular flexibility index (Phi) is 4.50. The molecular weight excluding hydrogens is 289 g/mol. The first-order valence-corrected chi connectivity index (χ1v) is 6.92. The van der Waals surface area contributed by atoms with Gasteiger partial charge in [-0.3, -0.25) is 0 Å². The van der Waals surface area contributed by atoms with Crippen LogP contribution in [-0.4, -0.2) is 17.6 Å². The Morgan fingerprint density at radius 3 is 3.05 bits per heavy atom. The summed E-state index contributed by atoms with van der Waals surface area (Å²) in [5, 5.41) is 2.33. The highest BCUT2D eigenvalue weighted by Crippen LogP contribution is 2.22. The van der Waals surface area contributed by atoms with E-state index < -0.39 is 11.8 Å². The SMILES string of the molecule is CCOC(=O)c1csc(Cc2cccc(Cl)c2F)n1. The smallest absolute Gasteiger partial charge is 0.357 e. The molecule has 3 nitrogen and oxygen atoms in total. The molecule has 0 unspecified atom stereocenters. The van der Waals surface area contributed by atoms with Gasteiger partial charge in [-0.25, -0.2) is 14.2 Å². The number of carbonyl (C=O) groups excluding carboxylic acids is 1. The Bertz CT molecular complexity index is 600. The lowest BCUT2D eigenvalue weighted by Gasteiger charge is -2.01. The van der Waals surface area contributed by atoms with Crippen LogP contribution in [-0.2, 0) is 11.2 Å². The van der Waals surface area contributed by atoms with Gasteiger partial charge in [0.1, 0.15) is 5.82 Å². The van der Waals surface area contributed by atoms with Crippen molar-refractivity contribution in [3.63, 3.8) is 0 Å². The zero-order chi connectivity index (χ0) is 13.8. The van der Waals surface area contributed by atoms with Gasteiger partial charge in [-0.05, 0) is 18.6 Å². The van der Waals surface area contributed by atoms with Crippen molar-refractivity contribution in [2.24, 2.45) is 0 Å². The quantitative estimate of drug-likeness (QED) is 0.808. The average molecular weight is 300 g/mol. The molecule has 0 saturated heterocycles. The van der Waals surface area contributed by atoms with E-state index in [1.165, 1.54) is 17.4 Å². The zero-order valence-electron chi connectivity index (χ0n) is 10.2. The summed E-state index contributed by atoms with van der Waals surface area (Å²) in [5.74, 6) is -0.909. The third-order valence-corrected chi connectivity index (χ3v) is 3.55. The maximum atomic E-state index is 13.7. The molecule has 0 amide bonds. The van der Waals surface area contributed by atoms with E-state index >= 15 is 0 Å². The summed E-state index contributed by atoms with van der Waals surface area (Å²) in [7, 11) is 0. The number of benzene rings is 1. The molecule has 1 heterocycles. The molecule has 1 aromatic heterocycles. The van der Waals surface area contributed by atoms with Crippen LogP contribution in [0.1, 0.15) is 28.0 Å². The largest absolute Gasteiger partial charge is 0.461 e. The van der Waals surface area contributed by atoms with E-state index in [2.05, 4.69) is 4.98 Å². The number of hydrogen-bond acceptors (Lipinski definition) is 4. The maximum absolute atomic E-state index is 13.7. The highest BCUT2D eigenvalue weighted by atomic mass is 35.5. The van der Waals surface area contributed by atoms with Crippen molar-refractivity contribution in [3.05, 3.63) is 50.7 Å². The van der Waals surface area contributed by atoms with Crippen LogP contribution in [0.4, 0.5) is 4.39 Å². The molecule has 0 atom stereocenters. The summed E-state index contributed by atoms with van der Waals surface area (Å²) in [4.78, 5) is 15.6. The molecule has 1 aromatic carbocycles. The van der Waals surface area contributed by atoms with Crippen LogP contribution in [0.25, 0.3) is 0 Å². The van der Waals surface area contributed by atoms with Gasteiger partial charge in [-0.2, -0.15) is 0 Å². The fourth-order valence-corrected chi connectivity index (χ4v) is 2.52. The molecule has 0 saturated carbocycles. The minimum atomic E-state index is -0.462. The highest BCUT2D eigenvalue weighted by Gasteiger charge is 2.13. The molecule has 0 fully saturated rings. The number of thiazole rings is 1. The third-order valence-electron chi connectivity index (χ3n) is 2.41. The van der Waals surface area contributed by atoms with Crippen LogP contribution in [0, 0.1) is 5.82 Å². The van der Waals surface area contributed by atoms with Crippen LogP contribution in [0.15, 0.2) is 23.6 Å². The van der Waals surface area contributed by atoms with Crippen molar-refractivity contribution in [2.45, 2.75) is 13.3 Å². The topological polar surface area (TPSA) is 39.2 Å². The van der Waals surface area contributed by atoms with Crippen LogP contribution in [0.2, 0.25) is 5.02 Å². The first-order chi connectivity index (χ1) is 9.11. The second-order valence-electron chi connectivity index (χ2n) is 3.74. The van der Waals surface area contributed by atoms with Gasteiger partial charge in [0.25, 0.3) is 0 Å². The Morgan fingerprint density at radius 1 is 1.53 bits per heavy atom. The lowest BCUT2D eigenvalue weighted by molar-refractivity contribution is 0.0520. The Labute approximate surface area is 119 Å². The predicted octanol–water partition coefficient (Wildman–Crippen LogP) is 3.70. The molecule has 100 valence electrons. The standard InChI is InChI=1S/C13H11ClFNO2S/c1-2-18-13(17)10-7-19-11(16-10)6-8-4-3-5-9(14)12(8)15/h3-5,7H,2,6H2,1H3. The van der Waals surface area contributed by atoms with Gasteiger partial charge in [0.15, 0.2) is 5.69 Å². The van der Waals surface area contributed by atoms with Gasteiger partial charge in [0.2, 0.25) is 0 Å². The number of rotatable bonds is 4. The van der Waals surface area contributed by atoms with E-state index in [0.29, 0.717) is 23.6 Å². The van der Waals surface area contributed by atoms with E-state index in [1.807, 2.05) is 0 Å². The molecule has 6 heteroatoms. The summed E-state index contributed by atoms with van der Waals surface area (Å²) >= 11 is 7.00. The van der Waals surface area contributed by atoms with E-state index in [1.54, 1.807) is 24.4 Å². The van der Waals surface area contributed by atoms with Crippen molar-refractivity contribution < 1.29 is 13.9 Å². The summed E-state index contributed by atoms with van der Waals surface area (Å²) in [6.45, 7) is 2.03. The van der Waals surface area contributed by atoms with Gasteiger partial charge >= 0.3 is 5.97 Å². The molecular formula is C13H11ClFNO2S. The van der Waals surface area contributed by atoms with Crippen molar-refractivity contribution >= 4 is 28.9 Å². The second-order valence-corrected chi connectivity index (χ2v) is 5.09. The minimum absolute atomic E-state index is 0.0830. The summed E-state index contributed by atoms with van der Waals surface area (Å²) < 4.78 is 18.6. The first-order valence-electron chi connectivity index (χ1n) is 5.66. The van der Waals surface area contributed by atoms with Crippen molar-refractivity contribution in [3.8, 4) is 0 Å². The molecule has 0 radical (unpaired) electrons. The first kappa shape index (κ1) is 14.0. The Morgan fingerprint density at radius 2 is 2.32 bits per heavy atom. The fourth-order valence-electron chi connectivity index (χ4n) is 1.54. The van der Waals surface area contributed by atoms with E-state index in [9.17, 15) is 9.18 Å². The van der Waals surface area contributed by atoms with Gasteiger partial charge in [0.05, 0.1) is 16.6 Å². The molecule has 0 bridgehead atoms. The molecule has 0 spiro atoms. The van der Waals surface area contributed by atoms with Gasteiger partial charge in [-0.15, -0.1) is 11.3 Å². The van der Waals surface area contributed by atoms with Crippen LogP contribution < -0.4 is 0 Å². The van der Waals surface area contributed by atoms with E-state index in [-0.39, 0.29) is 10.7 Å². The predicted molar refractivity (Wildman–Crippen MR) is 72.3 cm³/mol. The Hall–Kier alpha value is -1.46. The third kappa shape index (κ3) is 3.30. The monoisotopic (exact) mass is 299 g/mol. The normalized spacial score (nSPS) is 10.5. The van der Waals surface area contributed by atoms with E-state index in [0.717, 1.165) is 0 Å². The summed E-state index contributed by atoms with van der Waals surface area (Å²) in [5.41, 5.74) is 0.710. The molecule has 19 heavy (non-hydrogen) atoms.